The fourth-order valence-corrected chi connectivity index (χ4v) is 6.05. The van der Waals surface area contributed by atoms with Gasteiger partial charge in [0.2, 0.25) is 0 Å². The summed E-state index contributed by atoms with van der Waals surface area (Å²) in [5.74, 6) is -0.511. The van der Waals surface area contributed by atoms with Crippen LogP contribution >= 0.6 is 23.1 Å². The van der Waals surface area contributed by atoms with Crippen LogP contribution in [0.3, 0.4) is 0 Å². The quantitative estimate of drug-likeness (QED) is 0.436. The molecule has 0 saturated carbocycles. The molecule has 1 fully saturated rings. The number of cyclic esters (lactones) is 1. The minimum atomic E-state index is -0.873. The van der Waals surface area contributed by atoms with E-state index in [1.807, 2.05) is 38.3 Å². The summed E-state index contributed by atoms with van der Waals surface area (Å²) in [6.07, 6.45) is 3.26. The number of ketones is 1. The third kappa shape index (κ3) is 5.26. The van der Waals surface area contributed by atoms with Crippen LogP contribution in [-0.2, 0) is 32.8 Å². The smallest absolute Gasteiger partial charge is 0.327 e. The molecular weight excluding hydrogens is 442 g/mol. The Bertz CT molecular complexity index is 959. The molecular formula is C25H33NO4S2. The molecule has 7 heteroatoms. The Morgan fingerprint density at radius 2 is 2.03 bits per heavy atom. The largest absolute Gasteiger partial charge is 0.457 e. The van der Waals surface area contributed by atoms with E-state index in [9.17, 15) is 14.7 Å². The maximum absolute atomic E-state index is 13.3. The molecule has 1 N–H and O–H groups in total. The summed E-state index contributed by atoms with van der Waals surface area (Å²) < 4.78 is 6.05. The van der Waals surface area contributed by atoms with Crippen molar-refractivity contribution >= 4 is 34.9 Å². The Morgan fingerprint density at radius 3 is 2.56 bits per heavy atom. The standard InChI is InChI=1S/C25H33NO4S2/c1-15(2)25(8-7-21-26-9-10-31-21)13-19(28)22(23(29)30-25)32-20-11-16(3)17(14-27)12-18(20)24(4,5)6/h9-12,15,22,27H,7-8,13-14H2,1-6H3. The number of nitrogens with zero attached hydrogens (tertiary/aromatic N) is 1. The van der Waals surface area contributed by atoms with E-state index in [2.05, 4.69) is 25.8 Å². The SMILES string of the molecule is Cc1cc(SC2C(=O)CC(CCc3nccs3)(C(C)C)OC2=O)c(C(C)(C)C)cc1CO. The fourth-order valence-electron chi connectivity index (χ4n) is 4.08. The normalized spacial score (nSPS) is 21.8. The first-order valence-corrected chi connectivity index (χ1v) is 12.8. The monoisotopic (exact) mass is 475 g/mol. The first kappa shape index (κ1) is 24.9. The zero-order chi connectivity index (χ0) is 23.7. The van der Waals surface area contributed by atoms with Crippen LogP contribution in [0.25, 0.3) is 0 Å². The summed E-state index contributed by atoms with van der Waals surface area (Å²) in [5, 5.41) is 11.7. The molecule has 0 aliphatic carbocycles. The summed E-state index contributed by atoms with van der Waals surface area (Å²) >= 11 is 2.86. The lowest BCUT2D eigenvalue weighted by atomic mass is 9.79. The third-order valence-corrected chi connectivity index (χ3v) is 8.36. The fraction of sp³-hybridized carbons (Fsp3) is 0.560. The van der Waals surface area contributed by atoms with Gasteiger partial charge in [0.05, 0.1) is 11.6 Å². The molecule has 2 atom stereocenters. The predicted molar refractivity (Wildman–Crippen MR) is 129 cm³/mol. The molecule has 1 aliphatic heterocycles. The van der Waals surface area contributed by atoms with Crippen LogP contribution in [0.5, 0.6) is 0 Å². The zero-order valence-corrected chi connectivity index (χ0v) is 21.4. The molecule has 32 heavy (non-hydrogen) atoms. The van der Waals surface area contributed by atoms with Crippen LogP contribution in [-0.4, -0.2) is 32.7 Å². The molecule has 1 aromatic carbocycles. The van der Waals surface area contributed by atoms with E-state index in [-0.39, 0.29) is 30.1 Å². The van der Waals surface area contributed by atoms with Gasteiger partial charge in [0.25, 0.3) is 0 Å². The first-order valence-electron chi connectivity index (χ1n) is 11.0. The van der Waals surface area contributed by atoms with Crippen LogP contribution in [0, 0.1) is 12.8 Å². The van der Waals surface area contributed by atoms with Gasteiger partial charge in [-0.15, -0.1) is 23.1 Å². The van der Waals surface area contributed by atoms with E-state index in [4.69, 9.17) is 4.74 Å². The lowest BCUT2D eigenvalue weighted by Gasteiger charge is -2.41. The van der Waals surface area contributed by atoms with Crippen molar-refractivity contribution < 1.29 is 19.4 Å². The molecule has 2 aromatic rings. The van der Waals surface area contributed by atoms with Crippen molar-refractivity contribution in [1.82, 2.24) is 4.98 Å². The Balaban J connectivity index is 1.85. The molecule has 3 rings (SSSR count). The third-order valence-electron chi connectivity index (χ3n) is 6.24. The second-order valence-corrected chi connectivity index (χ2v) is 12.0. The molecule has 1 saturated heterocycles. The van der Waals surface area contributed by atoms with Crippen LogP contribution in [0.4, 0.5) is 0 Å². The Hall–Kier alpha value is -1.70. The van der Waals surface area contributed by atoms with Crippen LogP contribution in [0.1, 0.15) is 69.2 Å². The highest BCUT2D eigenvalue weighted by Crippen LogP contribution is 2.42. The van der Waals surface area contributed by atoms with E-state index < -0.39 is 16.8 Å². The highest BCUT2D eigenvalue weighted by molar-refractivity contribution is 8.01. The number of thiazole rings is 1. The maximum atomic E-state index is 13.3. The number of aromatic nitrogens is 1. The number of aliphatic hydroxyl groups is 1. The molecule has 1 aliphatic rings. The second kappa shape index (κ2) is 9.65. The van der Waals surface area contributed by atoms with Gasteiger partial charge in [0.15, 0.2) is 11.0 Å². The van der Waals surface area contributed by atoms with Crippen molar-refractivity contribution in [3.05, 3.63) is 45.4 Å². The number of aliphatic hydroxyl groups excluding tert-OH is 1. The number of esters is 1. The van der Waals surface area contributed by atoms with Gasteiger partial charge in [-0.05, 0) is 47.4 Å². The number of carbonyl (C=O) groups is 2. The highest BCUT2D eigenvalue weighted by atomic mass is 32.2. The highest BCUT2D eigenvalue weighted by Gasteiger charge is 2.49. The molecule has 1 aromatic heterocycles. The lowest BCUT2D eigenvalue weighted by Crippen LogP contribution is -2.52. The minimum Gasteiger partial charge on any atom is -0.457 e. The van der Waals surface area contributed by atoms with E-state index in [0.29, 0.717) is 12.8 Å². The summed E-state index contributed by atoms with van der Waals surface area (Å²) in [6.45, 7) is 12.2. The van der Waals surface area contributed by atoms with E-state index in [1.165, 1.54) is 11.8 Å². The molecule has 2 heterocycles. The van der Waals surface area contributed by atoms with Gasteiger partial charge in [0, 0.05) is 29.3 Å². The van der Waals surface area contributed by atoms with Crippen LogP contribution in [0.2, 0.25) is 0 Å². The van der Waals surface area contributed by atoms with Gasteiger partial charge in [-0.2, -0.15) is 0 Å². The Kier molecular flexibility index (Phi) is 7.52. The van der Waals surface area contributed by atoms with Gasteiger partial charge < -0.3 is 9.84 Å². The molecule has 5 nitrogen and oxygen atoms in total. The van der Waals surface area contributed by atoms with Gasteiger partial charge in [0.1, 0.15) is 5.60 Å². The number of rotatable bonds is 7. The summed E-state index contributed by atoms with van der Waals surface area (Å²) in [4.78, 5) is 31.6. The summed E-state index contributed by atoms with van der Waals surface area (Å²) in [6, 6.07) is 3.97. The van der Waals surface area contributed by atoms with Gasteiger partial charge >= 0.3 is 5.97 Å². The number of carbonyl (C=O) groups excluding carboxylic acids is 2. The molecule has 2 unspecified atom stereocenters. The maximum Gasteiger partial charge on any atom is 0.327 e. The van der Waals surface area contributed by atoms with E-state index >= 15 is 0 Å². The van der Waals surface area contributed by atoms with Crippen molar-refractivity contribution in [2.75, 3.05) is 0 Å². The number of Topliss-reactive ketones (excluding diaryl/α,β-unsaturated/α-hetero) is 1. The average molecular weight is 476 g/mol. The number of aryl methyl sites for hydroxylation is 2. The van der Waals surface area contributed by atoms with Crippen molar-refractivity contribution in [3.63, 3.8) is 0 Å². The average Bonchev–Trinajstić information content (AvgIpc) is 3.22. The number of hydrogen-bond acceptors (Lipinski definition) is 7. The summed E-state index contributed by atoms with van der Waals surface area (Å²) in [5.41, 5.74) is 1.83. The van der Waals surface area contributed by atoms with E-state index in [0.717, 1.165) is 26.6 Å². The second-order valence-electron chi connectivity index (χ2n) is 9.89. The first-order chi connectivity index (χ1) is 15.0. The Morgan fingerprint density at radius 1 is 1.31 bits per heavy atom. The molecule has 174 valence electrons. The molecule has 0 amide bonds. The Labute approximate surface area is 199 Å². The van der Waals surface area contributed by atoms with Crippen LogP contribution in [0.15, 0.2) is 28.6 Å². The number of thioether (sulfide) groups is 1. The topological polar surface area (TPSA) is 76.5 Å². The molecule has 0 radical (unpaired) electrons. The van der Waals surface area contributed by atoms with Crippen molar-refractivity contribution in [2.24, 2.45) is 5.92 Å². The van der Waals surface area contributed by atoms with Crippen molar-refractivity contribution in [2.45, 2.75) is 88.6 Å². The number of ether oxygens (including phenoxy) is 1. The predicted octanol–water partition coefficient (Wildman–Crippen LogP) is 5.25. The molecule has 0 bridgehead atoms. The number of benzene rings is 1. The van der Waals surface area contributed by atoms with Crippen LogP contribution < -0.4 is 0 Å². The van der Waals surface area contributed by atoms with Crippen molar-refractivity contribution in [3.8, 4) is 0 Å². The van der Waals surface area contributed by atoms with Gasteiger partial charge in [-0.1, -0.05) is 40.7 Å². The summed E-state index contributed by atoms with van der Waals surface area (Å²) in [7, 11) is 0. The van der Waals surface area contributed by atoms with Gasteiger partial charge in [-0.3, -0.25) is 9.59 Å². The zero-order valence-electron chi connectivity index (χ0n) is 19.7. The lowest BCUT2D eigenvalue weighted by molar-refractivity contribution is -0.176. The molecule has 0 spiro atoms. The van der Waals surface area contributed by atoms with Crippen molar-refractivity contribution in [1.29, 1.82) is 0 Å². The van der Waals surface area contributed by atoms with E-state index in [1.54, 1.807) is 17.5 Å². The minimum absolute atomic E-state index is 0.0255. The van der Waals surface area contributed by atoms with Gasteiger partial charge in [-0.25, -0.2) is 4.98 Å². The number of hydrogen-bond donors (Lipinski definition) is 1.